The third-order valence-corrected chi connectivity index (χ3v) is 5.70. The van der Waals surface area contributed by atoms with Gasteiger partial charge in [-0.15, -0.1) is 0 Å². The highest BCUT2D eigenvalue weighted by molar-refractivity contribution is 9.09. The maximum absolute atomic E-state index is 12.4. The monoisotopic (exact) mass is 526 g/mol. The van der Waals surface area contributed by atoms with Crippen LogP contribution < -0.4 is 0 Å². The zero-order chi connectivity index (χ0) is 24.8. The second-order valence-corrected chi connectivity index (χ2v) is 8.12. The molecule has 1 aliphatic heterocycles. The predicted molar refractivity (Wildman–Crippen MR) is 107 cm³/mol. The molecule has 0 amide bonds. The summed E-state index contributed by atoms with van der Waals surface area (Å²) < 4.78 is 30.9. The molecule has 7 atom stereocenters. The molecule has 1 aliphatic rings. The van der Waals surface area contributed by atoms with Gasteiger partial charge in [-0.05, 0) is 0 Å². The molecular weight excluding hydrogens is 500 g/mol. The van der Waals surface area contributed by atoms with Crippen molar-refractivity contribution >= 4 is 45.8 Å². The molecule has 1 rings (SSSR count). The Hall–Kier alpha value is -2.25. The predicted octanol–water partition coefficient (Wildman–Crippen LogP) is 0.00460. The van der Waals surface area contributed by atoms with Crippen LogP contribution in [0, 0.1) is 5.92 Å². The first kappa shape index (κ1) is 27.8. The Balaban J connectivity index is 3.52. The summed E-state index contributed by atoms with van der Waals surface area (Å²) in [5.41, 5.74) is 0. The van der Waals surface area contributed by atoms with Gasteiger partial charge in [-0.3, -0.25) is 19.2 Å². The van der Waals surface area contributed by atoms with Crippen molar-refractivity contribution in [2.45, 2.75) is 69.6 Å². The van der Waals surface area contributed by atoms with Crippen LogP contribution in [0.2, 0.25) is 0 Å². The SMILES string of the molecule is COC(=O)C1(O)O[C@@H]([C@H](OC(C)=O)[C@@H](COC(C)=O)OC(C)=O)[C@H](C)[C@@H](OC(C)=O)[C@@H]1Br. The van der Waals surface area contributed by atoms with Crippen molar-refractivity contribution in [2.24, 2.45) is 5.92 Å². The lowest BCUT2D eigenvalue weighted by atomic mass is 9.84. The van der Waals surface area contributed by atoms with E-state index >= 15 is 0 Å². The average Bonchev–Trinajstić information content (AvgIpc) is 2.68. The number of alkyl halides is 1. The molecule has 0 radical (unpaired) electrons. The van der Waals surface area contributed by atoms with Crippen molar-refractivity contribution in [1.29, 1.82) is 0 Å². The number of aliphatic hydroxyl groups is 1. The molecule has 1 saturated heterocycles. The number of hydrogen-bond donors (Lipinski definition) is 1. The number of esters is 5. The van der Waals surface area contributed by atoms with Crippen LogP contribution in [0.1, 0.15) is 34.6 Å². The van der Waals surface area contributed by atoms with Gasteiger partial charge in [-0.25, -0.2) is 4.79 Å². The van der Waals surface area contributed by atoms with Crippen molar-refractivity contribution in [3.05, 3.63) is 0 Å². The molecule has 0 aliphatic carbocycles. The van der Waals surface area contributed by atoms with E-state index in [0.29, 0.717) is 0 Å². The van der Waals surface area contributed by atoms with E-state index in [1.54, 1.807) is 0 Å². The van der Waals surface area contributed by atoms with E-state index in [-0.39, 0.29) is 0 Å². The van der Waals surface area contributed by atoms with Gasteiger partial charge in [0.05, 0.1) is 7.11 Å². The second kappa shape index (κ2) is 11.6. The molecule has 13 heteroatoms. The molecule has 0 bridgehead atoms. The lowest BCUT2D eigenvalue weighted by Crippen LogP contribution is -2.67. The van der Waals surface area contributed by atoms with Crippen LogP contribution in [0.15, 0.2) is 0 Å². The van der Waals surface area contributed by atoms with Gasteiger partial charge in [0.15, 0.2) is 12.2 Å². The van der Waals surface area contributed by atoms with Gasteiger partial charge >= 0.3 is 29.8 Å². The number of carbonyl (C=O) groups excluding carboxylic acids is 5. The number of rotatable bonds is 8. The molecule has 1 N–H and O–H groups in total. The molecule has 182 valence electrons. The minimum atomic E-state index is -2.67. The van der Waals surface area contributed by atoms with E-state index in [4.69, 9.17) is 23.7 Å². The molecule has 12 nitrogen and oxygen atoms in total. The number of hydrogen-bond acceptors (Lipinski definition) is 12. The fourth-order valence-corrected chi connectivity index (χ4v) is 4.13. The van der Waals surface area contributed by atoms with Crippen LogP contribution in [0.5, 0.6) is 0 Å². The Bertz CT molecular complexity index is 740. The quantitative estimate of drug-likeness (QED) is 0.256. The number of halogens is 1. The van der Waals surface area contributed by atoms with Crippen molar-refractivity contribution < 1.29 is 57.5 Å². The Morgan fingerprint density at radius 1 is 1.00 bits per heavy atom. The number of carbonyl (C=O) groups is 5. The van der Waals surface area contributed by atoms with Gasteiger partial charge in [-0.2, -0.15) is 0 Å². The van der Waals surface area contributed by atoms with E-state index in [1.807, 2.05) is 0 Å². The average molecular weight is 527 g/mol. The largest absolute Gasteiger partial charge is 0.465 e. The summed E-state index contributed by atoms with van der Waals surface area (Å²) in [5, 5.41) is 11.0. The minimum Gasteiger partial charge on any atom is -0.465 e. The summed E-state index contributed by atoms with van der Waals surface area (Å²) in [7, 11) is 1.00. The van der Waals surface area contributed by atoms with Crippen LogP contribution >= 0.6 is 15.9 Å². The standard InChI is InChI=1S/C19H27BrO12/c1-8-14(16(31-12(5)24)13(29-10(3)22)7-28-9(2)21)32-19(26,18(25)27-6)17(20)15(8)30-11(4)23/h8,13-17,26H,7H2,1-6H3/t8-,13+,14+,15+,16+,17-,19?/m0/s1. The van der Waals surface area contributed by atoms with Gasteiger partial charge in [0, 0.05) is 33.6 Å². The lowest BCUT2D eigenvalue weighted by molar-refractivity contribution is -0.301. The zero-order valence-corrected chi connectivity index (χ0v) is 20.1. The minimum absolute atomic E-state index is 0.522. The first-order chi connectivity index (χ1) is 14.7. The maximum Gasteiger partial charge on any atom is 0.367 e. The van der Waals surface area contributed by atoms with E-state index in [2.05, 4.69) is 20.7 Å². The molecule has 0 aromatic carbocycles. The highest BCUT2D eigenvalue weighted by atomic mass is 79.9. The second-order valence-electron chi connectivity index (χ2n) is 7.13. The Kier molecular flexibility index (Phi) is 10.0. The molecule has 1 heterocycles. The van der Waals surface area contributed by atoms with Crippen molar-refractivity contribution in [1.82, 2.24) is 0 Å². The van der Waals surface area contributed by atoms with Crippen LogP contribution in [0.3, 0.4) is 0 Å². The van der Waals surface area contributed by atoms with Crippen molar-refractivity contribution in [3.63, 3.8) is 0 Å². The Labute approximate surface area is 192 Å². The van der Waals surface area contributed by atoms with Gasteiger partial charge < -0.3 is 33.5 Å². The van der Waals surface area contributed by atoms with Crippen LogP contribution in [0.4, 0.5) is 0 Å². The number of methoxy groups -OCH3 is 1. The van der Waals surface area contributed by atoms with Crippen LogP contribution in [-0.2, 0) is 52.4 Å². The van der Waals surface area contributed by atoms with Gasteiger partial charge in [0.1, 0.15) is 23.6 Å². The zero-order valence-electron chi connectivity index (χ0n) is 18.5. The number of ether oxygens (including phenoxy) is 6. The first-order valence-electron chi connectivity index (χ1n) is 9.52. The molecule has 0 saturated carbocycles. The summed E-state index contributed by atoms with van der Waals surface area (Å²) >= 11 is 3.13. The van der Waals surface area contributed by atoms with Crippen LogP contribution in [-0.4, -0.2) is 83.7 Å². The molecule has 32 heavy (non-hydrogen) atoms. The highest BCUT2D eigenvalue weighted by Gasteiger charge is 2.61. The van der Waals surface area contributed by atoms with Crippen molar-refractivity contribution in [2.75, 3.05) is 13.7 Å². The summed E-state index contributed by atoms with van der Waals surface area (Å²) in [5.74, 6) is -7.76. The molecule has 0 aromatic heterocycles. The van der Waals surface area contributed by atoms with E-state index in [0.717, 1.165) is 34.8 Å². The fraction of sp³-hybridized carbons (Fsp3) is 0.737. The molecular formula is C19H27BrO12. The van der Waals surface area contributed by atoms with Gasteiger partial charge in [-0.1, -0.05) is 22.9 Å². The first-order valence-corrected chi connectivity index (χ1v) is 10.4. The maximum atomic E-state index is 12.4. The van der Waals surface area contributed by atoms with Gasteiger partial charge in [0.25, 0.3) is 5.79 Å². The van der Waals surface area contributed by atoms with E-state index < -0.39 is 77.4 Å². The summed E-state index contributed by atoms with van der Waals surface area (Å²) in [6, 6.07) is 0. The smallest absolute Gasteiger partial charge is 0.367 e. The van der Waals surface area contributed by atoms with Crippen molar-refractivity contribution in [3.8, 4) is 0 Å². The van der Waals surface area contributed by atoms with Crippen LogP contribution in [0.25, 0.3) is 0 Å². The Morgan fingerprint density at radius 3 is 2.00 bits per heavy atom. The summed E-state index contributed by atoms with van der Waals surface area (Å²) in [4.78, 5) is 57.5. The molecule has 1 unspecified atom stereocenters. The molecule has 1 fully saturated rings. The third-order valence-electron chi connectivity index (χ3n) is 4.55. The normalized spacial score (nSPS) is 29.1. The molecule has 0 spiro atoms. The molecule has 0 aromatic rings. The van der Waals surface area contributed by atoms with E-state index in [1.165, 1.54) is 6.92 Å². The summed E-state index contributed by atoms with van der Waals surface area (Å²) in [6.07, 6.45) is -5.39. The summed E-state index contributed by atoms with van der Waals surface area (Å²) in [6.45, 7) is 5.41. The topological polar surface area (TPSA) is 161 Å². The lowest BCUT2D eigenvalue weighted by Gasteiger charge is -2.48. The highest BCUT2D eigenvalue weighted by Crippen LogP contribution is 2.41. The Morgan fingerprint density at radius 2 is 1.56 bits per heavy atom. The van der Waals surface area contributed by atoms with Gasteiger partial charge in [0.2, 0.25) is 0 Å². The van der Waals surface area contributed by atoms with E-state index in [9.17, 15) is 29.1 Å². The third kappa shape index (κ3) is 6.87. The fourth-order valence-electron chi connectivity index (χ4n) is 3.24.